The molecule has 0 radical (unpaired) electrons. The van der Waals surface area contributed by atoms with E-state index in [0.29, 0.717) is 0 Å². The van der Waals surface area contributed by atoms with Crippen LogP contribution in [-0.4, -0.2) is 14.5 Å². The van der Waals surface area contributed by atoms with Gasteiger partial charge in [-0.25, -0.2) is 9.97 Å². The molecule has 10 rings (SSSR count). The lowest BCUT2D eigenvalue weighted by Gasteiger charge is -2.12. The van der Waals surface area contributed by atoms with Gasteiger partial charge in [-0.1, -0.05) is 115 Å². The predicted octanol–water partition coefficient (Wildman–Crippen LogP) is 12.1. The van der Waals surface area contributed by atoms with Crippen LogP contribution in [0.2, 0.25) is 0 Å². The number of nitrogens with zero attached hydrogens (tertiary/aromatic N) is 3. The first-order valence-electron chi connectivity index (χ1n) is 16.2. The molecule has 0 spiro atoms. The maximum absolute atomic E-state index is 5.17. The summed E-state index contributed by atoms with van der Waals surface area (Å²) in [6.07, 6.45) is 0. The Morgan fingerprint density at radius 2 is 1.06 bits per heavy atom. The number of para-hydroxylation sites is 2. The highest BCUT2D eigenvalue weighted by atomic mass is 32.1. The van der Waals surface area contributed by atoms with Crippen LogP contribution in [-0.2, 0) is 0 Å². The van der Waals surface area contributed by atoms with E-state index in [1.807, 2.05) is 23.5 Å². The van der Waals surface area contributed by atoms with Gasteiger partial charge in [0.25, 0.3) is 0 Å². The second-order valence-corrected chi connectivity index (χ2v) is 13.2. The standard InChI is InChI=1S/C44H27N3S/c1-2-10-28(11-3-1)29-18-20-30(21-19-29)42-35-13-4-7-15-37(35)45-44(46-42)31-22-24-32(25-23-31)47-38-16-8-5-14-36(38)41-39(47)27-26-34-33-12-6-9-17-40(33)48-43(34)41/h1-27H. The maximum Gasteiger partial charge on any atom is 0.160 e. The number of aromatic nitrogens is 3. The number of fused-ring (bicyclic) bond motifs is 8. The van der Waals surface area contributed by atoms with E-state index >= 15 is 0 Å². The molecule has 3 heterocycles. The van der Waals surface area contributed by atoms with Gasteiger partial charge in [0.1, 0.15) is 0 Å². The van der Waals surface area contributed by atoms with Crippen molar-refractivity contribution in [3.63, 3.8) is 0 Å². The molecule has 0 amide bonds. The number of hydrogen-bond donors (Lipinski definition) is 0. The van der Waals surface area contributed by atoms with Crippen molar-refractivity contribution < 1.29 is 0 Å². The number of rotatable bonds is 4. The van der Waals surface area contributed by atoms with Crippen molar-refractivity contribution in [1.29, 1.82) is 0 Å². The molecule has 4 heteroatoms. The van der Waals surface area contributed by atoms with Crippen LogP contribution in [0.3, 0.4) is 0 Å². The van der Waals surface area contributed by atoms with Crippen molar-refractivity contribution in [2.45, 2.75) is 0 Å². The Morgan fingerprint density at radius 3 is 1.90 bits per heavy atom. The van der Waals surface area contributed by atoms with Gasteiger partial charge in [-0.2, -0.15) is 0 Å². The Balaban J connectivity index is 1.09. The molecule has 0 bridgehead atoms. The first-order valence-corrected chi connectivity index (χ1v) is 17.0. The van der Waals surface area contributed by atoms with E-state index < -0.39 is 0 Å². The first kappa shape index (κ1) is 27.1. The molecule has 0 saturated carbocycles. The van der Waals surface area contributed by atoms with Gasteiger partial charge in [-0.3, -0.25) is 0 Å². The number of hydrogen-bond acceptors (Lipinski definition) is 3. The summed E-state index contributed by atoms with van der Waals surface area (Å²) in [5, 5.41) is 6.27. The molecule has 7 aromatic carbocycles. The van der Waals surface area contributed by atoms with Gasteiger partial charge in [-0.15, -0.1) is 11.3 Å². The normalized spacial score (nSPS) is 11.8. The van der Waals surface area contributed by atoms with Crippen molar-refractivity contribution in [3.05, 3.63) is 164 Å². The highest BCUT2D eigenvalue weighted by molar-refractivity contribution is 7.26. The molecule has 0 aliphatic rings. The van der Waals surface area contributed by atoms with E-state index in [2.05, 4.69) is 156 Å². The number of thiophene rings is 1. The largest absolute Gasteiger partial charge is 0.309 e. The Labute approximate surface area is 281 Å². The van der Waals surface area contributed by atoms with Gasteiger partial charge in [0.15, 0.2) is 5.82 Å². The average Bonchev–Trinajstić information content (AvgIpc) is 3.71. The molecule has 0 aliphatic carbocycles. The van der Waals surface area contributed by atoms with Crippen molar-refractivity contribution in [2.24, 2.45) is 0 Å². The first-order chi connectivity index (χ1) is 23.8. The van der Waals surface area contributed by atoms with Crippen molar-refractivity contribution in [3.8, 4) is 39.5 Å². The van der Waals surface area contributed by atoms with E-state index in [9.17, 15) is 0 Å². The lowest BCUT2D eigenvalue weighted by Crippen LogP contribution is -1.97. The van der Waals surface area contributed by atoms with Gasteiger partial charge in [0.2, 0.25) is 0 Å². The summed E-state index contributed by atoms with van der Waals surface area (Å²) in [7, 11) is 0. The third kappa shape index (κ3) is 4.20. The highest BCUT2D eigenvalue weighted by Gasteiger charge is 2.18. The molecule has 0 N–H and O–H groups in total. The smallest absolute Gasteiger partial charge is 0.160 e. The zero-order chi connectivity index (χ0) is 31.6. The topological polar surface area (TPSA) is 30.7 Å². The SMILES string of the molecule is c1ccc(-c2ccc(-c3nc(-c4ccc(-n5c6ccccc6c6c7sc8ccccc8c7ccc65)cc4)nc4ccccc34)cc2)cc1. The van der Waals surface area contributed by atoms with Gasteiger partial charge in [0, 0.05) is 53.1 Å². The van der Waals surface area contributed by atoms with Gasteiger partial charge < -0.3 is 4.57 Å². The summed E-state index contributed by atoms with van der Waals surface area (Å²) in [6, 6.07) is 58.2. The summed E-state index contributed by atoms with van der Waals surface area (Å²) in [4.78, 5) is 10.2. The molecule has 0 fully saturated rings. The van der Waals surface area contributed by atoms with Crippen LogP contribution in [0.25, 0.3) is 92.3 Å². The van der Waals surface area contributed by atoms with Crippen LogP contribution < -0.4 is 0 Å². The zero-order valence-electron chi connectivity index (χ0n) is 25.8. The minimum Gasteiger partial charge on any atom is -0.309 e. The zero-order valence-corrected chi connectivity index (χ0v) is 26.7. The van der Waals surface area contributed by atoms with E-state index in [1.54, 1.807) is 0 Å². The van der Waals surface area contributed by atoms with Crippen LogP contribution in [0.15, 0.2) is 164 Å². The third-order valence-corrected chi connectivity index (χ3v) is 10.6. The van der Waals surface area contributed by atoms with Crippen LogP contribution in [0.4, 0.5) is 0 Å². The number of benzene rings is 7. The summed E-state index contributed by atoms with van der Waals surface area (Å²) in [5.41, 5.74) is 9.85. The molecule has 48 heavy (non-hydrogen) atoms. The summed E-state index contributed by atoms with van der Waals surface area (Å²) in [6.45, 7) is 0. The van der Waals surface area contributed by atoms with E-state index in [-0.39, 0.29) is 0 Å². The quantitative estimate of drug-likeness (QED) is 0.194. The Hall–Kier alpha value is -6.10. The Kier molecular flexibility index (Phi) is 6.05. The van der Waals surface area contributed by atoms with Crippen LogP contribution in [0.5, 0.6) is 0 Å². The van der Waals surface area contributed by atoms with Crippen LogP contribution in [0, 0.1) is 0 Å². The van der Waals surface area contributed by atoms with Crippen molar-refractivity contribution >= 4 is 64.2 Å². The maximum atomic E-state index is 5.17. The average molecular weight is 630 g/mol. The van der Waals surface area contributed by atoms with E-state index in [4.69, 9.17) is 9.97 Å². The molecule has 0 aliphatic heterocycles. The highest BCUT2D eigenvalue weighted by Crippen LogP contribution is 2.43. The van der Waals surface area contributed by atoms with Crippen molar-refractivity contribution in [2.75, 3.05) is 0 Å². The summed E-state index contributed by atoms with van der Waals surface area (Å²) >= 11 is 1.88. The van der Waals surface area contributed by atoms with E-state index in [0.717, 1.165) is 39.2 Å². The second-order valence-electron chi connectivity index (χ2n) is 12.2. The van der Waals surface area contributed by atoms with E-state index in [1.165, 1.54) is 53.1 Å². The Bertz CT molecular complexity index is 2810. The monoisotopic (exact) mass is 629 g/mol. The van der Waals surface area contributed by atoms with Crippen LogP contribution in [0.1, 0.15) is 0 Å². The lowest BCUT2D eigenvalue weighted by molar-refractivity contribution is 1.17. The third-order valence-electron chi connectivity index (χ3n) is 9.43. The Morgan fingerprint density at radius 1 is 0.417 bits per heavy atom. The summed E-state index contributed by atoms with van der Waals surface area (Å²) < 4.78 is 5.05. The summed E-state index contributed by atoms with van der Waals surface area (Å²) in [5.74, 6) is 0.719. The second kappa shape index (κ2) is 10.7. The molecular formula is C44H27N3S. The molecular weight excluding hydrogens is 603 g/mol. The molecule has 0 saturated heterocycles. The fourth-order valence-corrected chi connectivity index (χ4v) is 8.41. The fourth-order valence-electron chi connectivity index (χ4n) is 7.15. The molecule has 224 valence electrons. The van der Waals surface area contributed by atoms with Gasteiger partial charge in [-0.05, 0) is 59.7 Å². The van der Waals surface area contributed by atoms with Gasteiger partial charge >= 0.3 is 0 Å². The van der Waals surface area contributed by atoms with Crippen LogP contribution >= 0.6 is 11.3 Å². The minimum absolute atomic E-state index is 0.719. The molecule has 3 aromatic heterocycles. The molecule has 0 unspecified atom stereocenters. The predicted molar refractivity (Wildman–Crippen MR) is 203 cm³/mol. The minimum atomic E-state index is 0.719. The molecule has 0 atom stereocenters. The molecule has 3 nitrogen and oxygen atoms in total. The molecule has 10 aromatic rings. The van der Waals surface area contributed by atoms with Gasteiger partial charge in [0.05, 0.1) is 22.2 Å². The van der Waals surface area contributed by atoms with Crippen molar-refractivity contribution in [1.82, 2.24) is 14.5 Å². The fraction of sp³-hybridized carbons (Fsp3) is 0. The lowest BCUT2D eigenvalue weighted by atomic mass is 10.0.